The summed E-state index contributed by atoms with van der Waals surface area (Å²) in [6, 6.07) is 6.50. The first-order valence-corrected chi connectivity index (χ1v) is 3.57. The molecule has 0 amide bonds. The zero-order chi connectivity index (χ0) is 8.85. The second-order valence-electron chi connectivity index (χ2n) is 2.59. The van der Waals surface area contributed by atoms with E-state index in [-0.39, 0.29) is 7.43 Å². The fraction of sp³-hybridized carbons (Fsp3) is 0.333. The van der Waals surface area contributed by atoms with E-state index in [1.54, 1.807) is 0 Å². The smallest absolute Gasteiger partial charge is 0.0395 e. The molecular formula is C12H18. The van der Waals surface area contributed by atoms with Crippen LogP contribution in [0.15, 0.2) is 18.2 Å². The van der Waals surface area contributed by atoms with Crippen LogP contribution in [0.4, 0.5) is 0 Å². The minimum Gasteiger partial charge on any atom is -0.124 e. The third-order valence-electron chi connectivity index (χ3n) is 1.66. The van der Waals surface area contributed by atoms with Crippen molar-refractivity contribution in [1.82, 2.24) is 0 Å². The van der Waals surface area contributed by atoms with Gasteiger partial charge in [0.1, 0.15) is 0 Å². The maximum absolute atomic E-state index is 4.00. The number of hydrogen-bond donors (Lipinski definition) is 0. The summed E-state index contributed by atoms with van der Waals surface area (Å²) in [5, 5.41) is 0. The molecule has 0 aliphatic rings. The minimum atomic E-state index is 0. The zero-order valence-electron chi connectivity index (χ0n) is 7.39. The van der Waals surface area contributed by atoms with E-state index >= 15 is 0 Å². The highest BCUT2D eigenvalue weighted by Crippen LogP contribution is 2.07. The fourth-order valence-corrected chi connectivity index (χ4v) is 0.891. The Balaban J connectivity index is 0. The van der Waals surface area contributed by atoms with Crippen LogP contribution in [0.2, 0.25) is 0 Å². The van der Waals surface area contributed by atoms with Gasteiger partial charge in [0.15, 0.2) is 0 Å². The predicted octanol–water partition coefficient (Wildman–Crippen LogP) is 3.50. The van der Waals surface area contributed by atoms with Crippen molar-refractivity contribution in [3.63, 3.8) is 0 Å². The molecule has 0 aliphatic carbocycles. The van der Waals surface area contributed by atoms with Crippen LogP contribution in [0.1, 0.15) is 24.1 Å². The highest BCUT2D eigenvalue weighted by molar-refractivity contribution is 5.28. The molecule has 0 spiro atoms. The van der Waals surface area contributed by atoms with Gasteiger partial charge in [-0.2, -0.15) is 0 Å². The van der Waals surface area contributed by atoms with Crippen molar-refractivity contribution in [2.75, 3.05) is 0 Å². The predicted molar refractivity (Wildman–Crippen MR) is 57.3 cm³/mol. The lowest BCUT2D eigenvalue weighted by Crippen LogP contribution is -1.79. The average Bonchev–Trinajstić information content (AvgIpc) is 2.02. The highest BCUT2D eigenvalue weighted by atomic mass is 13.9. The monoisotopic (exact) mass is 162 g/mol. The summed E-state index contributed by atoms with van der Waals surface area (Å²) >= 11 is 0. The molecule has 0 saturated heterocycles. The van der Waals surface area contributed by atoms with Crippen LogP contribution < -0.4 is 0 Å². The molecule has 12 heavy (non-hydrogen) atoms. The van der Waals surface area contributed by atoms with Crippen LogP contribution >= 0.6 is 0 Å². The van der Waals surface area contributed by atoms with E-state index in [1.807, 2.05) is 0 Å². The van der Waals surface area contributed by atoms with Crippen molar-refractivity contribution in [2.45, 2.75) is 28.2 Å². The number of benzene rings is 1. The zero-order valence-corrected chi connectivity index (χ0v) is 7.39. The summed E-state index contributed by atoms with van der Waals surface area (Å²) in [5.41, 5.74) is 4.11. The van der Waals surface area contributed by atoms with Gasteiger partial charge >= 0.3 is 0 Å². The Morgan fingerprint density at radius 2 is 1.42 bits per heavy atom. The number of terminal acetylenes is 1. The number of rotatable bonds is 0. The third-order valence-corrected chi connectivity index (χ3v) is 1.66. The fourth-order valence-electron chi connectivity index (χ4n) is 0.891. The molecule has 0 saturated carbocycles. The Hall–Kier alpha value is -1.22. The topological polar surface area (TPSA) is 0 Å². The Morgan fingerprint density at radius 3 is 1.75 bits per heavy atom. The van der Waals surface area contributed by atoms with E-state index in [0.717, 1.165) is 0 Å². The molecule has 1 aromatic carbocycles. The lowest BCUT2D eigenvalue weighted by molar-refractivity contribution is 1.30. The molecule has 0 nitrogen and oxygen atoms in total. The first-order chi connectivity index (χ1) is 5.20. The van der Waals surface area contributed by atoms with E-state index in [9.17, 15) is 0 Å². The van der Waals surface area contributed by atoms with Gasteiger partial charge in [-0.05, 0) is 31.9 Å². The van der Waals surface area contributed by atoms with Gasteiger partial charge in [-0.3, -0.25) is 0 Å². The summed E-state index contributed by atoms with van der Waals surface area (Å²) in [7, 11) is 0. The van der Waals surface area contributed by atoms with Crippen molar-refractivity contribution in [3.8, 4) is 12.8 Å². The maximum atomic E-state index is 4.00. The Bertz CT molecular complexity index is 243. The molecule has 1 rings (SSSR count). The Labute approximate surface area is 76.6 Å². The van der Waals surface area contributed by atoms with Crippen molar-refractivity contribution < 1.29 is 0 Å². The summed E-state index contributed by atoms with van der Waals surface area (Å²) in [6.45, 7) is 6.39. The van der Waals surface area contributed by atoms with Gasteiger partial charge in [0, 0.05) is 0 Å². The summed E-state index contributed by atoms with van der Waals surface area (Å²) in [4.78, 5) is 0. The second-order valence-corrected chi connectivity index (χ2v) is 2.59. The van der Waals surface area contributed by atoms with E-state index in [4.69, 9.17) is 0 Å². The van der Waals surface area contributed by atoms with Crippen LogP contribution in [0.5, 0.6) is 0 Å². The maximum Gasteiger partial charge on any atom is -0.0395 e. The molecule has 0 heterocycles. The van der Waals surface area contributed by atoms with Crippen molar-refractivity contribution in [3.05, 3.63) is 34.9 Å². The lowest BCUT2D eigenvalue weighted by atomic mass is 10.1. The summed E-state index contributed by atoms with van der Waals surface area (Å²) in [5.74, 6) is 0. The largest absolute Gasteiger partial charge is 0.124 e. The molecule has 0 fully saturated rings. The average molecular weight is 162 g/mol. The molecule has 66 valence electrons. The van der Waals surface area contributed by atoms with Crippen LogP contribution in [0, 0.1) is 33.6 Å². The lowest BCUT2D eigenvalue weighted by Gasteiger charge is -1.98. The normalized spacial score (nSPS) is 7.42. The van der Waals surface area contributed by atoms with Gasteiger partial charge in [0.05, 0.1) is 0 Å². The highest BCUT2D eigenvalue weighted by Gasteiger charge is 1.89. The minimum absolute atomic E-state index is 0. The van der Waals surface area contributed by atoms with Gasteiger partial charge in [-0.1, -0.05) is 31.2 Å². The Kier molecular flexibility index (Phi) is 7.23. The van der Waals surface area contributed by atoms with E-state index in [2.05, 4.69) is 51.8 Å². The third kappa shape index (κ3) is 3.83. The molecule has 1 aromatic rings. The van der Waals surface area contributed by atoms with Crippen LogP contribution in [-0.4, -0.2) is 0 Å². The molecule has 0 atom stereocenters. The van der Waals surface area contributed by atoms with Gasteiger partial charge in [-0.25, -0.2) is 0 Å². The van der Waals surface area contributed by atoms with E-state index in [0.29, 0.717) is 0 Å². The molecule has 0 heteroatoms. The molecule has 0 unspecified atom stereocenters. The summed E-state index contributed by atoms with van der Waals surface area (Å²) < 4.78 is 0. The van der Waals surface area contributed by atoms with Crippen LogP contribution in [-0.2, 0) is 0 Å². The summed E-state index contributed by atoms with van der Waals surface area (Å²) in [6.07, 6.45) is 8.00. The van der Waals surface area contributed by atoms with Crippen molar-refractivity contribution in [1.29, 1.82) is 0 Å². The molecule has 0 N–H and O–H groups in total. The first-order valence-electron chi connectivity index (χ1n) is 3.57. The Morgan fingerprint density at radius 1 is 0.917 bits per heavy atom. The molecule has 0 radical (unpaired) electrons. The van der Waals surface area contributed by atoms with Crippen molar-refractivity contribution in [2.24, 2.45) is 0 Å². The van der Waals surface area contributed by atoms with Gasteiger partial charge in [0.25, 0.3) is 0 Å². The van der Waals surface area contributed by atoms with E-state index in [1.165, 1.54) is 16.7 Å². The van der Waals surface area contributed by atoms with Crippen LogP contribution in [0.3, 0.4) is 0 Å². The second kappa shape index (κ2) is 6.49. The quantitative estimate of drug-likeness (QED) is 0.512. The SMILES string of the molecule is C.C#C.Cc1ccc(C)c(C)c1. The first kappa shape index (κ1) is 13.4. The van der Waals surface area contributed by atoms with E-state index < -0.39 is 0 Å². The standard InChI is InChI=1S/C9H12.C2H2.CH4/c1-7-4-5-8(2)9(3)6-7;1-2;/h4-6H,1-3H3;1-2H;1H4. The number of hydrogen-bond acceptors (Lipinski definition) is 0. The molecule has 0 bridgehead atoms. The molecule has 0 aromatic heterocycles. The number of aryl methyl sites for hydroxylation is 3. The molecule has 0 aliphatic heterocycles. The molecular weight excluding hydrogens is 144 g/mol. The van der Waals surface area contributed by atoms with Gasteiger partial charge in [0.2, 0.25) is 0 Å². The van der Waals surface area contributed by atoms with Crippen LogP contribution in [0.25, 0.3) is 0 Å². The van der Waals surface area contributed by atoms with Gasteiger partial charge < -0.3 is 0 Å². The van der Waals surface area contributed by atoms with Gasteiger partial charge in [-0.15, -0.1) is 12.8 Å². The van der Waals surface area contributed by atoms with Crippen molar-refractivity contribution >= 4 is 0 Å².